The highest BCUT2D eigenvalue weighted by Crippen LogP contribution is 2.39. The second kappa shape index (κ2) is 4.53. The van der Waals surface area contributed by atoms with Crippen LogP contribution < -0.4 is 10.1 Å². The van der Waals surface area contributed by atoms with Gasteiger partial charge in [0.2, 0.25) is 5.91 Å². The van der Waals surface area contributed by atoms with Crippen LogP contribution in [0.25, 0.3) is 0 Å². The van der Waals surface area contributed by atoms with E-state index in [4.69, 9.17) is 4.74 Å². The Labute approximate surface area is 110 Å². The molecule has 6 heteroatoms. The summed E-state index contributed by atoms with van der Waals surface area (Å²) in [6, 6.07) is 3.02. The fourth-order valence-electron chi connectivity index (χ4n) is 2.13. The summed E-state index contributed by atoms with van der Waals surface area (Å²) in [7, 11) is 0. The second-order valence-corrected chi connectivity index (χ2v) is 5.28. The molecule has 0 aliphatic carbocycles. The smallest absolute Gasteiger partial charge is 0.296 e. The number of nitro benzene ring substituents is 1. The Morgan fingerprint density at radius 2 is 2.16 bits per heavy atom. The van der Waals surface area contributed by atoms with Gasteiger partial charge in [-0.1, -0.05) is 0 Å². The molecule has 0 aromatic heterocycles. The van der Waals surface area contributed by atoms with Crippen LogP contribution in [0.5, 0.6) is 5.75 Å². The zero-order valence-corrected chi connectivity index (χ0v) is 11.1. The number of amides is 1. The molecule has 1 aliphatic heterocycles. The van der Waals surface area contributed by atoms with Gasteiger partial charge in [0.05, 0.1) is 11.0 Å². The fourth-order valence-corrected chi connectivity index (χ4v) is 2.13. The summed E-state index contributed by atoms with van der Waals surface area (Å²) >= 11 is 0. The van der Waals surface area contributed by atoms with Gasteiger partial charge in [0, 0.05) is 6.92 Å². The minimum absolute atomic E-state index is 0.147. The monoisotopic (exact) mass is 264 g/mol. The van der Waals surface area contributed by atoms with Gasteiger partial charge in [0.25, 0.3) is 5.69 Å². The zero-order valence-electron chi connectivity index (χ0n) is 11.1. The van der Waals surface area contributed by atoms with Crippen LogP contribution in [0.3, 0.4) is 0 Å². The number of benzene rings is 1. The standard InChI is InChI=1S/C13H16N2O4/c1-8(16)14-10-6-9-4-5-13(2,3)19-12(9)7-11(10)15(17)18/h6-7H,4-5H2,1-3H3,(H,14,16). The number of carbonyl (C=O) groups excluding carboxylic acids is 1. The summed E-state index contributed by atoms with van der Waals surface area (Å²) in [6.45, 7) is 5.22. The lowest BCUT2D eigenvalue weighted by molar-refractivity contribution is -0.384. The molecule has 0 bridgehead atoms. The van der Waals surface area contributed by atoms with E-state index in [1.54, 1.807) is 6.07 Å². The highest BCUT2D eigenvalue weighted by Gasteiger charge is 2.29. The van der Waals surface area contributed by atoms with E-state index >= 15 is 0 Å². The van der Waals surface area contributed by atoms with E-state index in [1.807, 2.05) is 13.8 Å². The first-order valence-corrected chi connectivity index (χ1v) is 6.06. The molecule has 1 aromatic carbocycles. The van der Waals surface area contributed by atoms with E-state index in [-0.39, 0.29) is 22.9 Å². The maximum absolute atomic E-state index is 11.1. The van der Waals surface area contributed by atoms with Crippen LogP contribution in [0.4, 0.5) is 11.4 Å². The summed E-state index contributed by atoms with van der Waals surface area (Å²) in [5.41, 5.74) is 0.635. The van der Waals surface area contributed by atoms with E-state index in [1.165, 1.54) is 13.0 Å². The molecule has 1 amide bonds. The van der Waals surface area contributed by atoms with E-state index in [0.717, 1.165) is 18.4 Å². The summed E-state index contributed by atoms with van der Waals surface area (Å²) in [4.78, 5) is 21.6. The number of aryl methyl sites for hydroxylation is 1. The Hall–Kier alpha value is -2.11. The van der Waals surface area contributed by atoms with Gasteiger partial charge in [-0.05, 0) is 38.3 Å². The molecule has 0 unspecified atom stereocenters. The van der Waals surface area contributed by atoms with Crippen molar-refractivity contribution >= 4 is 17.3 Å². The molecule has 0 spiro atoms. The van der Waals surface area contributed by atoms with Crippen LogP contribution in [0.1, 0.15) is 32.8 Å². The molecule has 1 aromatic rings. The number of nitrogens with zero attached hydrogens (tertiary/aromatic N) is 1. The number of anilines is 1. The Balaban J connectivity index is 2.48. The highest BCUT2D eigenvalue weighted by atomic mass is 16.6. The van der Waals surface area contributed by atoms with Gasteiger partial charge in [0.15, 0.2) is 0 Å². The van der Waals surface area contributed by atoms with Crippen LogP contribution in [-0.2, 0) is 11.2 Å². The molecule has 0 saturated heterocycles. The Bertz CT molecular complexity index is 552. The molecular formula is C13H16N2O4. The van der Waals surface area contributed by atoms with Gasteiger partial charge >= 0.3 is 0 Å². The molecule has 1 aliphatic rings. The average Bonchev–Trinajstić information content (AvgIpc) is 2.26. The van der Waals surface area contributed by atoms with Crippen molar-refractivity contribution in [2.75, 3.05) is 5.32 Å². The van der Waals surface area contributed by atoms with Gasteiger partial charge in [0.1, 0.15) is 17.0 Å². The van der Waals surface area contributed by atoms with E-state index < -0.39 is 4.92 Å². The van der Waals surface area contributed by atoms with Crippen molar-refractivity contribution in [3.63, 3.8) is 0 Å². The molecule has 0 radical (unpaired) electrons. The first-order valence-electron chi connectivity index (χ1n) is 6.06. The molecule has 0 atom stereocenters. The molecule has 1 N–H and O–H groups in total. The molecule has 1 heterocycles. The highest BCUT2D eigenvalue weighted by molar-refractivity contribution is 5.91. The number of fused-ring (bicyclic) bond motifs is 1. The Kier molecular flexibility index (Phi) is 3.18. The number of carbonyl (C=O) groups is 1. The normalized spacial score (nSPS) is 16.2. The van der Waals surface area contributed by atoms with Gasteiger partial charge in [-0.25, -0.2) is 0 Å². The number of nitro groups is 1. The quantitative estimate of drug-likeness (QED) is 0.657. The minimum Gasteiger partial charge on any atom is -0.487 e. The molecule has 102 valence electrons. The van der Waals surface area contributed by atoms with Gasteiger partial charge in [-0.3, -0.25) is 14.9 Å². The molecule has 6 nitrogen and oxygen atoms in total. The predicted octanol–water partition coefficient (Wildman–Crippen LogP) is 2.66. The van der Waals surface area contributed by atoms with Crippen LogP contribution in [0, 0.1) is 10.1 Å². The number of rotatable bonds is 2. The van der Waals surface area contributed by atoms with E-state index in [0.29, 0.717) is 5.75 Å². The van der Waals surface area contributed by atoms with Gasteiger partial charge in [-0.2, -0.15) is 0 Å². The molecule has 0 fully saturated rings. The SMILES string of the molecule is CC(=O)Nc1cc2c(cc1[N+](=O)[O-])OC(C)(C)CC2. The minimum atomic E-state index is -0.517. The Morgan fingerprint density at radius 3 is 2.74 bits per heavy atom. The third-order valence-electron chi connectivity index (χ3n) is 3.07. The zero-order chi connectivity index (χ0) is 14.2. The lowest BCUT2D eigenvalue weighted by Gasteiger charge is -2.32. The number of hydrogen-bond donors (Lipinski definition) is 1. The van der Waals surface area contributed by atoms with E-state index in [2.05, 4.69) is 5.32 Å². The van der Waals surface area contributed by atoms with Crippen molar-refractivity contribution in [2.45, 2.75) is 39.2 Å². The van der Waals surface area contributed by atoms with Gasteiger partial charge in [-0.15, -0.1) is 0 Å². The molecular weight excluding hydrogens is 248 g/mol. The third-order valence-corrected chi connectivity index (χ3v) is 3.07. The first kappa shape index (κ1) is 13.3. The average molecular weight is 264 g/mol. The lowest BCUT2D eigenvalue weighted by Crippen LogP contribution is -2.32. The maximum atomic E-state index is 11.1. The molecule has 0 saturated carbocycles. The van der Waals surface area contributed by atoms with Crippen molar-refractivity contribution in [2.24, 2.45) is 0 Å². The Morgan fingerprint density at radius 1 is 1.47 bits per heavy atom. The lowest BCUT2D eigenvalue weighted by atomic mass is 9.93. The van der Waals surface area contributed by atoms with Crippen molar-refractivity contribution in [3.8, 4) is 5.75 Å². The summed E-state index contributed by atoms with van der Waals surface area (Å²) in [5.74, 6) is 0.192. The van der Waals surface area contributed by atoms with Gasteiger partial charge < -0.3 is 10.1 Å². The van der Waals surface area contributed by atoms with Crippen molar-refractivity contribution in [1.82, 2.24) is 0 Å². The maximum Gasteiger partial charge on any atom is 0.296 e. The van der Waals surface area contributed by atoms with E-state index in [9.17, 15) is 14.9 Å². The largest absolute Gasteiger partial charge is 0.487 e. The van der Waals surface area contributed by atoms with Crippen molar-refractivity contribution < 1.29 is 14.5 Å². The topological polar surface area (TPSA) is 81.5 Å². The number of hydrogen-bond acceptors (Lipinski definition) is 4. The van der Waals surface area contributed by atoms with Crippen LogP contribution in [0.15, 0.2) is 12.1 Å². The van der Waals surface area contributed by atoms with Crippen LogP contribution in [0.2, 0.25) is 0 Å². The predicted molar refractivity (Wildman–Crippen MR) is 70.4 cm³/mol. The molecule has 19 heavy (non-hydrogen) atoms. The summed E-state index contributed by atoms with van der Waals surface area (Å²) < 4.78 is 5.75. The van der Waals surface area contributed by atoms with Crippen LogP contribution >= 0.6 is 0 Å². The molecule has 2 rings (SSSR count). The summed E-state index contributed by atoms with van der Waals surface area (Å²) in [6.07, 6.45) is 1.60. The van der Waals surface area contributed by atoms with Crippen molar-refractivity contribution in [1.29, 1.82) is 0 Å². The second-order valence-electron chi connectivity index (χ2n) is 5.28. The number of ether oxygens (including phenoxy) is 1. The van der Waals surface area contributed by atoms with Crippen molar-refractivity contribution in [3.05, 3.63) is 27.8 Å². The fraction of sp³-hybridized carbons (Fsp3) is 0.462. The number of nitrogens with one attached hydrogen (secondary N) is 1. The first-order chi connectivity index (χ1) is 8.78. The third kappa shape index (κ3) is 2.83. The summed E-state index contributed by atoms with van der Waals surface area (Å²) in [5, 5.41) is 13.5. The van der Waals surface area contributed by atoms with Crippen LogP contribution in [-0.4, -0.2) is 16.4 Å².